The zero-order chi connectivity index (χ0) is 33.1. The molecule has 1 aromatic carbocycles. The summed E-state index contributed by atoms with van der Waals surface area (Å²) in [7, 11) is 1.44. The molecule has 5 aliphatic carbocycles. The van der Waals surface area contributed by atoms with Gasteiger partial charge in [-0.3, -0.25) is 4.21 Å². The van der Waals surface area contributed by atoms with Gasteiger partial charge in [0.1, 0.15) is 0 Å². The van der Waals surface area contributed by atoms with Crippen molar-refractivity contribution < 1.29 is 14.1 Å². The van der Waals surface area contributed by atoms with Crippen molar-refractivity contribution in [2.75, 3.05) is 45.2 Å². The SMILES string of the molecule is CN(CCNCC12CCCC1C1CCC3C4(C)CC=C(c5ccc(C(=O)O)cc5)C(C)(C)C4CCC3(C)[C@]1(C)CC2)CCS(C)=O. The normalized spacial score (nSPS) is 40.3. The number of rotatable bonds is 10. The second-order valence-corrected chi connectivity index (χ2v) is 19.3. The highest BCUT2D eigenvalue weighted by atomic mass is 32.2. The van der Waals surface area contributed by atoms with Crippen LogP contribution in [-0.2, 0) is 10.8 Å². The minimum Gasteiger partial charge on any atom is -0.478 e. The lowest BCUT2D eigenvalue weighted by atomic mass is 9.32. The van der Waals surface area contributed by atoms with Gasteiger partial charge in [-0.2, -0.15) is 0 Å². The molecular formula is C40H62N2O3S. The third-order valence-electron chi connectivity index (χ3n) is 15.5. The molecule has 4 saturated carbocycles. The zero-order valence-electron chi connectivity index (χ0n) is 29.9. The molecule has 5 aliphatic rings. The van der Waals surface area contributed by atoms with Crippen molar-refractivity contribution >= 4 is 22.3 Å². The Hall–Kier alpha value is -1.50. The standard InChI is InChI=1S/C40H62N2O3S/c1-36(2)30(28-10-12-29(13-11-28)35(43)44)16-19-37(3)33(36)17-20-39(5)34(37)15-14-31-32-9-8-18-40(32,22-21-38(31,39)4)27-41-23-24-42(6)25-26-46(7)45/h10-13,16,31-34,41H,8-9,14-15,17-27H2,1-7H3,(H,43,44)/t31?,32?,33?,34?,37?,38-,39?,40?,46?/m1/s1. The molecule has 1 aromatic rings. The van der Waals surface area contributed by atoms with Crippen molar-refractivity contribution in [1.29, 1.82) is 0 Å². The predicted molar refractivity (Wildman–Crippen MR) is 191 cm³/mol. The molecule has 9 atom stereocenters. The van der Waals surface area contributed by atoms with Gasteiger partial charge >= 0.3 is 5.97 Å². The molecule has 0 amide bonds. The first kappa shape index (κ1) is 34.4. The van der Waals surface area contributed by atoms with Gasteiger partial charge in [0.25, 0.3) is 0 Å². The first-order valence-corrected chi connectivity index (χ1v) is 20.1. The molecule has 0 aliphatic heterocycles. The molecule has 0 heterocycles. The highest BCUT2D eigenvalue weighted by Crippen LogP contribution is 2.77. The van der Waals surface area contributed by atoms with Gasteiger partial charge in [0.15, 0.2) is 0 Å². The zero-order valence-corrected chi connectivity index (χ0v) is 30.7. The number of aromatic carboxylic acids is 1. The average molecular weight is 651 g/mol. The van der Waals surface area contributed by atoms with Crippen LogP contribution in [0.1, 0.15) is 115 Å². The number of benzene rings is 1. The fraction of sp³-hybridized carbons (Fsp3) is 0.775. The maximum absolute atomic E-state index is 11.5. The summed E-state index contributed by atoms with van der Waals surface area (Å²) in [6.45, 7) is 17.2. The molecule has 0 radical (unpaired) electrons. The van der Waals surface area contributed by atoms with Gasteiger partial charge in [0.05, 0.1) is 5.56 Å². The summed E-state index contributed by atoms with van der Waals surface area (Å²) in [4.78, 5) is 13.8. The summed E-state index contributed by atoms with van der Waals surface area (Å²) in [6.07, 6.45) is 17.9. The van der Waals surface area contributed by atoms with Gasteiger partial charge < -0.3 is 15.3 Å². The quantitative estimate of drug-likeness (QED) is 0.250. The molecule has 8 unspecified atom stereocenters. The summed E-state index contributed by atoms with van der Waals surface area (Å²) in [6, 6.07) is 7.63. The third kappa shape index (κ3) is 5.49. The van der Waals surface area contributed by atoms with Crippen LogP contribution >= 0.6 is 0 Å². The topological polar surface area (TPSA) is 69.6 Å². The van der Waals surface area contributed by atoms with Crippen LogP contribution in [0.5, 0.6) is 0 Å². The van der Waals surface area contributed by atoms with Crippen LogP contribution in [0.3, 0.4) is 0 Å². The maximum atomic E-state index is 11.5. The van der Waals surface area contributed by atoms with Crippen LogP contribution in [0.25, 0.3) is 5.57 Å². The van der Waals surface area contributed by atoms with Gasteiger partial charge in [-0.1, -0.05) is 59.2 Å². The van der Waals surface area contributed by atoms with E-state index in [4.69, 9.17) is 0 Å². The maximum Gasteiger partial charge on any atom is 0.335 e. The largest absolute Gasteiger partial charge is 0.478 e. The Kier molecular flexibility index (Phi) is 9.29. The number of nitrogens with zero attached hydrogens (tertiary/aromatic N) is 1. The minimum atomic E-state index is -0.855. The lowest BCUT2D eigenvalue weighted by molar-refractivity contribution is -0.222. The molecule has 4 fully saturated rings. The summed E-state index contributed by atoms with van der Waals surface area (Å²) in [5.41, 5.74) is 4.57. The Morgan fingerprint density at radius 2 is 1.65 bits per heavy atom. The first-order valence-electron chi connectivity index (χ1n) is 18.4. The Bertz CT molecular complexity index is 1360. The molecule has 6 heteroatoms. The highest BCUT2D eigenvalue weighted by Gasteiger charge is 2.69. The fourth-order valence-corrected chi connectivity index (χ4v) is 13.5. The lowest BCUT2D eigenvalue weighted by Crippen LogP contribution is -2.65. The molecule has 2 N–H and O–H groups in total. The molecule has 0 saturated heterocycles. The summed E-state index contributed by atoms with van der Waals surface area (Å²) >= 11 is 0. The van der Waals surface area contributed by atoms with E-state index in [1.807, 2.05) is 12.1 Å². The molecule has 0 aromatic heterocycles. The molecule has 5 nitrogen and oxygen atoms in total. The van der Waals surface area contributed by atoms with Crippen LogP contribution < -0.4 is 5.32 Å². The molecule has 256 valence electrons. The van der Waals surface area contributed by atoms with Crippen molar-refractivity contribution in [3.63, 3.8) is 0 Å². The molecular weight excluding hydrogens is 589 g/mol. The second-order valence-electron chi connectivity index (χ2n) is 17.7. The van der Waals surface area contributed by atoms with E-state index in [2.05, 4.69) is 58.0 Å². The van der Waals surface area contributed by atoms with Gasteiger partial charge in [-0.05, 0) is 139 Å². The Morgan fingerprint density at radius 1 is 0.913 bits per heavy atom. The number of carboxylic acid groups (broad SMARTS) is 1. The smallest absolute Gasteiger partial charge is 0.335 e. The second kappa shape index (κ2) is 12.4. The van der Waals surface area contributed by atoms with E-state index in [1.54, 1.807) is 18.4 Å². The lowest BCUT2D eigenvalue weighted by Gasteiger charge is -2.72. The summed E-state index contributed by atoms with van der Waals surface area (Å²) in [5.74, 6) is 2.97. The van der Waals surface area contributed by atoms with Crippen LogP contribution in [0.2, 0.25) is 0 Å². The van der Waals surface area contributed by atoms with Crippen LogP contribution in [0.15, 0.2) is 30.3 Å². The molecule has 46 heavy (non-hydrogen) atoms. The number of fused-ring (bicyclic) bond motifs is 7. The summed E-state index contributed by atoms with van der Waals surface area (Å²) < 4.78 is 11.5. The molecule has 0 bridgehead atoms. The Morgan fingerprint density at radius 3 is 2.35 bits per heavy atom. The van der Waals surface area contributed by atoms with Gasteiger partial charge in [0.2, 0.25) is 0 Å². The van der Waals surface area contributed by atoms with Crippen molar-refractivity contribution in [3.8, 4) is 0 Å². The van der Waals surface area contributed by atoms with Crippen LogP contribution in [0, 0.1) is 50.7 Å². The van der Waals surface area contributed by atoms with Gasteiger partial charge in [-0.15, -0.1) is 0 Å². The van der Waals surface area contributed by atoms with E-state index in [0.29, 0.717) is 27.7 Å². The van der Waals surface area contributed by atoms with E-state index in [-0.39, 0.29) is 10.8 Å². The van der Waals surface area contributed by atoms with Gasteiger partial charge in [0, 0.05) is 49.0 Å². The Balaban J connectivity index is 1.19. The van der Waals surface area contributed by atoms with E-state index in [0.717, 1.165) is 49.6 Å². The highest BCUT2D eigenvalue weighted by molar-refractivity contribution is 7.84. The predicted octanol–water partition coefficient (Wildman–Crippen LogP) is 8.13. The number of carbonyl (C=O) groups is 1. The van der Waals surface area contributed by atoms with E-state index in [9.17, 15) is 14.1 Å². The van der Waals surface area contributed by atoms with Gasteiger partial charge in [-0.25, -0.2) is 4.79 Å². The number of carboxylic acids is 1. The number of nitrogens with one attached hydrogen (secondary N) is 1. The average Bonchev–Trinajstić information content (AvgIpc) is 3.43. The van der Waals surface area contributed by atoms with E-state index >= 15 is 0 Å². The number of hydrogen-bond acceptors (Lipinski definition) is 4. The number of allylic oxidation sites excluding steroid dienone is 2. The van der Waals surface area contributed by atoms with Crippen molar-refractivity contribution in [1.82, 2.24) is 10.2 Å². The summed E-state index contributed by atoms with van der Waals surface area (Å²) in [5, 5.41) is 13.4. The number of hydrogen-bond donors (Lipinski definition) is 2. The van der Waals surface area contributed by atoms with Crippen molar-refractivity contribution in [3.05, 3.63) is 41.5 Å². The minimum absolute atomic E-state index is 0.0529. The van der Waals surface area contributed by atoms with Crippen molar-refractivity contribution in [2.45, 2.75) is 98.8 Å². The van der Waals surface area contributed by atoms with Crippen LogP contribution in [0.4, 0.5) is 0 Å². The molecule has 0 spiro atoms. The number of likely N-dealkylation sites (N-methyl/N-ethyl adjacent to an activating group) is 1. The van der Waals surface area contributed by atoms with E-state index in [1.165, 1.54) is 75.5 Å². The van der Waals surface area contributed by atoms with Crippen molar-refractivity contribution in [2.24, 2.45) is 50.7 Å². The fourth-order valence-electron chi connectivity index (χ4n) is 12.9. The first-order chi connectivity index (χ1) is 21.7. The van der Waals surface area contributed by atoms with Crippen LogP contribution in [-0.4, -0.2) is 65.4 Å². The van der Waals surface area contributed by atoms with E-state index < -0.39 is 16.8 Å². The Labute approximate surface area is 282 Å². The molecule has 6 rings (SSSR count). The monoisotopic (exact) mass is 650 g/mol. The third-order valence-corrected chi connectivity index (χ3v) is 16.2.